The molecule has 0 bridgehead atoms. The van der Waals surface area contributed by atoms with E-state index in [9.17, 15) is 20.4 Å². The number of aliphatic hydroxyl groups is 1. The number of anilines is 9. The maximum atomic E-state index is 9.65. The lowest BCUT2D eigenvalue weighted by atomic mass is 9.79. The summed E-state index contributed by atoms with van der Waals surface area (Å²) in [5.41, 5.74) is 24.0. The molecular weight excluding hydrogens is 1710 g/mol. The Morgan fingerprint density at radius 2 is 0.410 bits per heavy atom. The van der Waals surface area contributed by atoms with E-state index in [4.69, 9.17) is 23.5 Å². The Hall–Kier alpha value is -12.9. The topological polar surface area (TPSA) is 137 Å². The average molecular weight is 1800 g/mol. The number of phenolic OH excluding ortho intramolecular Hbond substituents is 3. The molecular formula is C106H91BBr3N3O9. The van der Waals surface area contributed by atoms with Crippen LogP contribution in [0.5, 0.6) is 34.5 Å². The van der Waals surface area contributed by atoms with Gasteiger partial charge in [0.2, 0.25) is 0 Å². The summed E-state index contributed by atoms with van der Waals surface area (Å²) in [5, 5.41) is 38.4. The van der Waals surface area contributed by atoms with Crippen LogP contribution < -0.4 is 34.4 Å². The largest absolute Gasteiger partial charge is 0.508 e. The summed E-state index contributed by atoms with van der Waals surface area (Å²) in [4.78, 5) is 6.71. The predicted molar refractivity (Wildman–Crippen MR) is 512 cm³/mol. The van der Waals surface area contributed by atoms with Crippen molar-refractivity contribution in [2.75, 3.05) is 36.0 Å². The van der Waals surface area contributed by atoms with E-state index in [1.54, 1.807) is 57.7 Å². The summed E-state index contributed by atoms with van der Waals surface area (Å²) in [6.07, 6.45) is 0. The molecule has 16 aromatic carbocycles. The zero-order valence-corrected chi connectivity index (χ0v) is 73.3. The van der Waals surface area contributed by atoms with Crippen LogP contribution in [0.2, 0.25) is 0 Å². The molecule has 12 nitrogen and oxygen atoms in total. The van der Waals surface area contributed by atoms with Gasteiger partial charge in [-0.15, -0.1) is 0 Å². The molecule has 0 unspecified atom stereocenters. The fourth-order valence-electron chi connectivity index (χ4n) is 14.0. The number of nitrogens with zero attached hydrogens (tertiary/aromatic N) is 3. The third-order valence-corrected chi connectivity index (χ3v) is 23.2. The Morgan fingerprint density at radius 1 is 0.246 bits per heavy atom. The van der Waals surface area contributed by atoms with Crippen LogP contribution in [0.15, 0.2) is 402 Å². The smallest absolute Gasteiger partial charge is 0.494 e. The highest BCUT2D eigenvalue weighted by atomic mass is 79.9. The van der Waals surface area contributed by atoms with Gasteiger partial charge in [-0.1, -0.05) is 218 Å². The fraction of sp³-hybridized carbons (Fsp3) is 0.0943. The lowest BCUT2D eigenvalue weighted by Crippen LogP contribution is -2.41. The maximum Gasteiger partial charge on any atom is 0.494 e. The molecule has 4 N–H and O–H groups in total. The van der Waals surface area contributed by atoms with E-state index in [-0.39, 0.29) is 42.2 Å². The number of hydrogen-bond acceptors (Lipinski definition) is 12. The Labute approximate surface area is 739 Å². The molecule has 1 saturated heterocycles. The molecule has 0 aliphatic carbocycles. The van der Waals surface area contributed by atoms with Crippen LogP contribution in [-0.4, -0.2) is 60.1 Å². The second-order valence-corrected chi connectivity index (χ2v) is 32.8. The summed E-state index contributed by atoms with van der Waals surface area (Å²) in [7, 11) is 4.72. The molecule has 0 aromatic heterocycles. The first-order valence-electron chi connectivity index (χ1n) is 39.8. The van der Waals surface area contributed by atoms with Crippen LogP contribution in [0.1, 0.15) is 33.3 Å². The molecule has 0 atom stereocenters. The normalized spacial score (nSPS) is 12.2. The molecule has 17 rings (SSSR count). The van der Waals surface area contributed by atoms with Gasteiger partial charge in [0.05, 0.1) is 39.1 Å². The minimum Gasteiger partial charge on any atom is -0.508 e. The molecule has 16 heteroatoms. The first-order valence-corrected chi connectivity index (χ1v) is 42.2. The molecule has 0 amide bonds. The van der Waals surface area contributed by atoms with Crippen molar-refractivity contribution in [3.8, 4) is 101 Å². The number of hydrogen-bond donors (Lipinski definition) is 4. The Morgan fingerprint density at radius 3 is 0.598 bits per heavy atom. The summed E-state index contributed by atoms with van der Waals surface area (Å²) in [6.45, 7) is 8.25. The zero-order valence-electron chi connectivity index (χ0n) is 68.5. The minimum atomic E-state index is -0.300. The molecule has 608 valence electrons. The Balaban J connectivity index is 0.000000141. The molecule has 1 heterocycles. The SMILES string of the molecule is Brc1ccc(N(c2ccc(Br)cc2)c2ccc(Br)cc2)cc1.COc1ccc(-c2ccc(N(c3ccc(-c4ccc(CO)cc4)cc3)c3ccc(-c4ccc(OC)cc4)cc3)cc2)cc1.COc1ccc(B2OC(C)(C)C(C)(C)O2)cc1.Oc1ccc(-c2ccc(N(c3ccc(-c4ccc(O)cc4)cc3)c3ccc(-c4ccc(O)cc4)cc3)cc2)cc1. The number of methoxy groups -OCH3 is 3. The van der Waals surface area contributed by atoms with Crippen molar-refractivity contribution >= 4 is 112 Å². The van der Waals surface area contributed by atoms with Crippen molar-refractivity contribution in [1.82, 2.24) is 0 Å². The molecule has 1 fully saturated rings. The monoisotopic (exact) mass is 1800 g/mol. The number of ether oxygens (including phenoxy) is 3. The van der Waals surface area contributed by atoms with Crippen LogP contribution in [0.4, 0.5) is 51.2 Å². The van der Waals surface area contributed by atoms with Crippen molar-refractivity contribution < 1.29 is 43.9 Å². The molecule has 0 saturated carbocycles. The third kappa shape index (κ3) is 21.3. The fourth-order valence-corrected chi connectivity index (χ4v) is 14.8. The van der Waals surface area contributed by atoms with E-state index >= 15 is 0 Å². The zero-order chi connectivity index (χ0) is 85.3. The van der Waals surface area contributed by atoms with Gasteiger partial charge in [0, 0.05) is 64.6 Å². The van der Waals surface area contributed by atoms with Crippen molar-refractivity contribution in [3.63, 3.8) is 0 Å². The number of halogens is 3. The quantitative estimate of drug-likeness (QED) is 0.0541. The van der Waals surface area contributed by atoms with Crippen molar-refractivity contribution in [2.45, 2.75) is 45.5 Å². The number of benzene rings is 16. The van der Waals surface area contributed by atoms with Gasteiger partial charge in [0.15, 0.2) is 0 Å². The Kier molecular flexibility index (Phi) is 27.7. The van der Waals surface area contributed by atoms with Gasteiger partial charge in [0.25, 0.3) is 0 Å². The van der Waals surface area contributed by atoms with E-state index < -0.39 is 0 Å². The van der Waals surface area contributed by atoms with Gasteiger partial charge in [-0.3, -0.25) is 0 Å². The molecule has 1 aliphatic rings. The van der Waals surface area contributed by atoms with E-state index in [2.05, 4.69) is 333 Å². The van der Waals surface area contributed by atoms with Crippen molar-refractivity contribution in [3.05, 3.63) is 407 Å². The van der Waals surface area contributed by atoms with Crippen molar-refractivity contribution in [1.29, 1.82) is 0 Å². The predicted octanol–water partition coefficient (Wildman–Crippen LogP) is 28.4. The summed E-state index contributed by atoms with van der Waals surface area (Å²) in [6, 6.07) is 130. The highest BCUT2D eigenvalue weighted by Crippen LogP contribution is 2.43. The highest BCUT2D eigenvalue weighted by Gasteiger charge is 2.51. The van der Waals surface area contributed by atoms with Gasteiger partial charge in [-0.25, -0.2) is 0 Å². The summed E-state index contributed by atoms with van der Waals surface area (Å²) < 4.78 is 30.9. The lowest BCUT2D eigenvalue weighted by molar-refractivity contribution is 0.00578. The van der Waals surface area contributed by atoms with Gasteiger partial charge < -0.3 is 58.6 Å². The summed E-state index contributed by atoms with van der Waals surface area (Å²) in [5.74, 6) is 3.27. The van der Waals surface area contributed by atoms with Gasteiger partial charge in [0.1, 0.15) is 34.5 Å². The lowest BCUT2D eigenvalue weighted by Gasteiger charge is -2.32. The van der Waals surface area contributed by atoms with Crippen LogP contribution in [0.3, 0.4) is 0 Å². The second-order valence-electron chi connectivity index (χ2n) is 30.0. The first-order chi connectivity index (χ1) is 59.2. The van der Waals surface area contributed by atoms with Crippen LogP contribution in [0, 0.1) is 0 Å². The number of rotatable bonds is 20. The van der Waals surface area contributed by atoms with E-state index in [0.29, 0.717) is 0 Å². The van der Waals surface area contributed by atoms with E-state index in [1.807, 2.05) is 109 Å². The average Bonchev–Trinajstić information content (AvgIpc) is 1.66. The summed E-state index contributed by atoms with van der Waals surface area (Å²) >= 11 is 10.5. The molecule has 0 spiro atoms. The molecule has 16 aromatic rings. The Bertz CT molecular complexity index is 5470. The van der Waals surface area contributed by atoms with Crippen molar-refractivity contribution in [2.24, 2.45) is 0 Å². The highest BCUT2D eigenvalue weighted by molar-refractivity contribution is 9.11. The van der Waals surface area contributed by atoms with Crippen LogP contribution in [0.25, 0.3) is 66.8 Å². The minimum absolute atomic E-state index is 0.0443. The van der Waals surface area contributed by atoms with Gasteiger partial charge in [-0.05, 0) is 324 Å². The third-order valence-electron chi connectivity index (χ3n) is 21.6. The number of aliphatic hydroxyl groups excluding tert-OH is 1. The molecule has 1 aliphatic heterocycles. The number of phenols is 3. The van der Waals surface area contributed by atoms with Crippen LogP contribution in [-0.2, 0) is 15.9 Å². The van der Waals surface area contributed by atoms with E-state index in [0.717, 1.165) is 160 Å². The first kappa shape index (κ1) is 85.5. The van der Waals surface area contributed by atoms with Gasteiger partial charge in [-0.2, -0.15) is 0 Å². The maximum absolute atomic E-state index is 9.65. The molecule has 122 heavy (non-hydrogen) atoms. The standard InChI is InChI=1S/C39H33NO3.C36H27NO3.C18H12Br3N.C13H19BO3/c1-42-38-23-13-33(14-24-38)31-9-19-36(20-10-31)40(35-17-7-30(8-18-35)29-5-3-28(27-41)4-6-29)37-21-11-32(12-22-37)34-15-25-39(43-2)26-16-34;38-34-19-7-28(8-20-34)25-1-13-31(14-2-25)37(32-15-3-26(4-16-32)29-9-21-35(39)22-10-29)33-17-5-27(6-18-33)30-11-23-36(40)24-12-30;19-13-1-7-16(8-2-13)22(17-9-3-14(20)4-10-17)18-11-5-15(21)6-12-18;1-12(2)13(3,4)17-14(16-12)10-6-8-11(15-5)9-7-10/h3-26,41H,27H2,1-2H3;1-24,38-40H;1-12H;6-9H,1-5H3. The van der Waals surface area contributed by atoms with Crippen LogP contribution >= 0.6 is 47.8 Å². The van der Waals surface area contributed by atoms with Gasteiger partial charge >= 0.3 is 7.12 Å². The second kappa shape index (κ2) is 39.5. The number of aromatic hydroxyl groups is 3. The molecule has 0 radical (unpaired) electrons. The van der Waals surface area contributed by atoms with E-state index in [1.165, 1.54) is 0 Å².